The van der Waals surface area contributed by atoms with Gasteiger partial charge in [0.25, 0.3) is 0 Å². The van der Waals surface area contributed by atoms with Crippen LogP contribution in [0.5, 0.6) is 0 Å². The Morgan fingerprint density at radius 3 is 3.00 bits per heavy atom. The van der Waals surface area contributed by atoms with Gasteiger partial charge in [-0.2, -0.15) is 0 Å². The number of fused-ring (bicyclic) bond motifs is 1. The quantitative estimate of drug-likeness (QED) is 0.729. The Bertz CT molecular complexity index is 494. The number of hydrogen-bond acceptors (Lipinski definition) is 5. The monoisotopic (exact) mass is 262 g/mol. The highest BCUT2D eigenvalue weighted by Gasteiger charge is 2.16. The second-order valence-electron chi connectivity index (χ2n) is 4.08. The molecule has 0 bridgehead atoms. The van der Waals surface area contributed by atoms with Gasteiger partial charge in [-0.15, -0.1) is 0 Å². The van der Waals surface area contributed by atoms with Crippen LogP contribution in [0.3, 0.4) is 0 Å². The van der Waals surface area contributed by atoms with Crippen LogP contribution < -0.4 is 16.8 Å². The number of nitrogens with one attached hydrogen (secondary N) is 1. The smallest absolute Gasteiger partial charge is 0.141 e. The molecule has 0 saturated heterocycles. The first-order chi connectivity index (χ1) is 8.74. The molecule has 0 radical (unpaired) electrons. The summed E-state index contributed by atoms with van der Waals surface area (Å²) in [5.41, 5.74) is 13.7. The van der Waals surface area contributed by atoms with E-state index < -0.39 is 0 Å². The van der Waals surface area contributed by atoms with Gasteiger partial charge in [0.15, 0.2) is 0 Å². The first-order valence-electron chi connectivity index (χ1n) is 6.04. The zero-order valence-corrected chi connectivity index (χ0v) is 11.3. The number of unbranched alkanes of at least 4 members (excludes halogenated alkanes) is 1. The van der Waals surface area contributed by atoms with Crippen molar-refractivity contribution in [3.63, 3.8) is 0 Å². The summed E-state index contributed by atoms with van der Waals surface area (Å²) < 4.78 is 0. The Kier molecular flexibility index (Phi) is 4.28. The van der Waals surface area contributed by atoms with E-state index in [9.17, 15) is 0 Å². The van der Waals surface area contributed by atoms with Crippen molar-refractivity contribution in [3.8, 4) is 0 Å². The number of benzene rings is 1. The molecule has 0 spiro atoms. The predicted molar refractivity (Wildman–Crippen MR) is 78.4 cm³/mol. The number of anilines is 1. The van der Waals surface area contributed by atoms with Crippen molar-refractivity contribution in [2.45, 2.75) is 31.2 Å². The summed E-state index contributed by atoms with van der Waals surface area (Å²) in [6.07, 6.45) is 3.97. The molecule has 5 heteroatoms. The molecule has 0 amide bonds. The van der Waals surface area contributed by atoms with Gasteiger partial charge in [-0.3, -0.25) is 4.99 Å². The number of nitrogens with two attached hydrogens (primary N) is 2. The van der Waals surface area contributed by atoms with E-state index in [1.54, 1.807) is 11.8 Å². The van der Waals surface area contributed by atoms with Gasteiger partial charge in [-0.25, -0.2) is 0 Å². The van der Waals surface area contributed by atoms with Gasteiger partial charge in [-0.1, -0.05) is 31.2 Å². The summed E-state index contributed by atoms with van der Waals surface area (Å²) in [6, 6.07) is 6.11. The van der Waals surface area contributed by atoms with Gasteiger partial charge in [0.05, 0.1) is 5.69 Å². The van der Waals surface area contributed by atoms with Crippen LogP contribution in [0.15, 0.2) is 38.9 Å². The van der Waals surface area contributed by atoms with Crippen molar-refractivity contribution in [2.75, 3.05) is 5.32 Å². The van der Waals surface area contributed by atoms with E-state index in [0.717, 1.165) is 34.0 Å². The van der Waals surface area contributed by atoms with Crippen LogP contribution >= 0.6 is 11.8 Å². The molecule has 0 saturated carbocycles. The number of thioether (sulfide) groups is 1. The van der Waals surface area contributed by atoms with Gasteiger partial charge in [0.2, 0.25) is 0 Å². The largest absolute Gasteiger partial charge is 0.383 e. The fourth-order valence-corrected chi connectivity index (χ4v) is 2.47. The molecule has 4 nitrogen and oxygen atoms in total. The zero-order chi connectivity index (χ0) is 13.0. The second kappa shape index (κ2) is 5.93. The van der Waals surface area contributed by atoms with Crippen molar-refractivity contribution >= 4 is 23.7 Å². The minimum atomic E-state index is 0.532. The lowest BCUT2D eigenvalue weighted by molar-refractivity contribution is 1.01. The maximum absolute atomic E-state index is 5.97. The molecule has 1 aromatic carbocycles. The number of hydrogen-bond donors (Lipinski definition) is 3. The standard InChI is InChI=1S/C13H18N4S/c1-2-3-6-16-13-12(15)17-10-7-9(8-14)4-5-11(10)18-13/h4-7,17H,2-3,8,14-15H2,1H3/b16-6-. The molecule has 1 heterocycles. The van der Waals surface area contributed by atoms with Crippen LogP contribution in [0.2, 0.25) is 0 Å². The molecule has 18 heavy (non-hydrogen) atoms. The molecular weight excluding hydrogens is 244 g/mol. The summed E-state index contributed by atoms with van der Waals surface area (Å²) in [5.74, 6) is 0.606. The summed E-state index contributed by atoms with van der Waals surface area (Å²) in [4.78, 5) is 5.53. The number of nitrogens with zero attached hydrogens (tertiary/aromatic N) is 1. The van der Waals surface area contributed by atoms with Gasteiger partial charge in [0, 0.05) is 17.7 Å². The van der Waals surface area contributed by atoms with Gasteiger partial charge < -0.3 is 16.8 Å². The second-order valence-corrected chi connectivity index (χ2v) is 5.11. The Labute approximate surface area is 112 Å². The van der Waals surface area contributed by atoms with Crippen LogP contribution in [0.25, 0.3) is 0 Å². The summed E-state index contributed by atoms with van der Waals surface area (Å²) in [6.45, 7) is 2.66. The van der Waals surface area contributed by atoms with Crippen LogP contribution in [0.1, 0.15) is 25.3 Å². The maximum atomic E-state index is 5.97. The lowest BCUT2D eigenvalue weighted by atomic mass is 10.2. The number of aliphatic imine (C=N–C) groups is 1. The van der Waals surface area contributed by atoms with Crippen molar-refractivity contribution in [1.29, 1.82) is 0 Å². The molecular formula is C13H18N4S. The Balaban J connectivity index is 2.19. The highest BCUT2D eigenvalue weighted by Crippen LogP contribution is 2.39. The third kappa shape index (κ3) is 2.86. The Morgan fingerprint density at radius 2 is 2.28 bits per heavy atom. The molecule has 96 valence electrons. The minimum Gasteiger partial charge on any atom is -0.383 e. The highest BCUT2D eigenvalue weighted by atomic mass is 32.2. The van der Waals surface area contributed by atoms with Gasteiger partial charge in [0.1, 0.15) is 10.9 Å². The van der Waals surface area contributed by atoms with Crippen LogP contribution in [0, 0.1) is 0 Å². The lowest BCUT2D eigenvalue weighted by Gasteiger charge is -2.19. The molecule has 0 fully saturated rings. The first-order valence-corrected chi connectivity index (χ1v) is 6.86. The molecule has 0 unspecified atom stereocenters. The van der Waals surface area contributed by atoms with Crippen molar-refractivity contribution in [2.24, 2.45) is 16.5 Å². The van der Waals surface area contributed by atoms with E-state index in [0.29, 0.717) is 12.4 Å². The third-order valence-electron chi connectivity index (χ3n) is 2.61. The van der Waals surface area contributed by atoms with Crippen LogP contribution in [-0.2, 0) is 6.54 Å². The summed E-state index contributed by atoms with van der Waals surface area (Å²) >= 11 is 1.59. The normalized spacial score (nSPS) is 14.8. The van der Waals surface area contributed by atoms with Crippen molar-refractivity contribution < 1.29 is 0 Å². The van der Waals surface area contributed by atoms with E-state index in [1.165, 1.54) is 0 Å². The van der Waals surface area contributed by atoms with E-state index >= 15 is 0 Å². The Morgan fingerprint density at radius 1 is 1.44 bits per heavy atom. The van der Waals surface area contributed by atoms with Crippen LogP contribution in [-0.4, -0.2) is 6.21 Å². The molecule has 5 N–H and O–H groups in total. The van der Waals surface area contributed by atoms with Crippen molar-refractivity contribution in [1.82, 2.24) is 0 Å². The molecule has 0 aliphatic carbocycles. The zero-order valence-electron chi connectivity index (χ0n) is 10.4. The molecule has 1 aromatic rings. The van der Waals surface area contributed by atoms with E-state index in [1.807, 2.05) is 18.3 Å². The Hall–Kier alpha value is -1.46. The van der Waals surface area contributed by atoms with E-state index in [-0.39, 0.29) is 0 Å². The predicted octanol–water partition coefficient (Wildman–Crippen LogP) is 2.62. The third-order valence-corrected chi connectivity index (χ3v) is 3.71. The minimum absolute atomic E-state index is 0.532. The molecule has 1 aliphatic rings. The highest BCUT2D eigenvalue weighted by molar-refractivity contribution is 8.03. The van der Waals surface area contributed by atoms with E-state index in [4.69, 9.17) is 11.5 Å². The van der Waals surface area contributed by atoms with E-state index in [2.05, 4.69) is 23.3 Å². The lowest BCUT2D eigenvalue weighted by Crippen LogP contribution is -2.15. The fraction of sp³-hybridized carbons (Fsp3) is 0.308. The molecule has 0 aromatic heterocycles. The summed E-state index contributed by atoms with van der Waals surface area (Å²) in [5, 5.41) is 4.01. The first kappa shape index (κ1) is 13.0. The maximum Gasteiger partial charge on any atom is 0.141 e. The molecule has 0 atom stereocenters. The molecule has 2 rings (SSSR count). The average molecular weight is 262 g/mol. The number of rotatable bonds is 4. The van der Waals surface area contributed by atoms with Crippen LogP contribution in [0.4, 0.5) is 5.69 Å². The van der Waals surface area contributed by atoms with Crippen molar-refractivity contribution in [3.05, 3.63) is 34.6 Å². The SMILES string of the molecule is CCC/C=N\C1=C(N)Nc2cc(CN)ccc2S1. The molecule has 1 aliphatic heterocycles. The fourth-order valence-electron chi connectivity index (χ4n) is 1.62. The topological polar surface area (TPSA) is 76.4 Å². The average Bonchev–Trinajstić information content (AvgIpc) is 2.39. The summed E-state index contributed by atoms with van der Waals surface area (Å²) in [7, 11) is 0. The van der Waals surface area contributed by atoms with Gasteiger partial charge >= 0.3 is 0 Å². The van der Waals surface area contributed by atoms with Gasteiger partial charge in [-0.05, 0) is 24.1 Å².